The van der Waals surface area contributed by atoms with E-state index < -0.39 is 23.7 Å². The fourth-order valence-corrected chi connectivity index (χ4v) is 3.67. The van der Waals surface area contributed by atoms with Gasteiger partial charge in [0.15, 0.2) is 0 Å². The van der Waals surface area contributed by atoms with E-state index in [0.717, 1.165) is 12.1 Å². The summed E-state index contributed by atoms with van der Waals surface area (Å²) in [4.78, 5) is 38.2. The van der Waals surface area contributed by atoms with Gasteiger partial charge < -0.3 is 16.0 Å². The Morgan fingerprint density at radius 1 is 1.11 bits per heavy atom. The average Bonchev–Trinajstić information content (AvgIpc) is 3.11. The SMILES string of the molecule is NC(=O)c1cc(NC(=O)C2CCCN2C(=O)c2cc(Cl)cc(Cl)c2)ccc1F. The molecule has 3 rings (SSSR count). The molecule has 28 heavy (non-hydrogen) atoms. The first-order chi connectivity index (χ1) is 13.3. The van der Waals surface area contributed by atoms with Crippen molar-refractivity contribution in [3.05, 3.63) is 63.4 Å². The van der Waals surface area contributed by atoms with E-state index in [1.807, 2.05) is 0 Å². The van der Waals surface area contributed by atoms with Crippen LogP contribution in [0.2, 0.25) is 10.0 Å². The number of rotatable bonds is 4. The number of benzene rings is 2. The summed E-state index contributed by atoms with van der Waals surface area (Å²) < 4.78 is 13.6. The molecule has 0 aromatic heterocycles. The van der Waals surface area contributed by atoms with Gasteiger partial charge in [-0.3, -0.25) is 14.4 Å². The molecule has 1 aliphatic rings. The number of likely N-dealkylation sites (tertiary alicyclic amines) is 1. The summed E-state index contributed by atoms with van der Waals surface area (Å²) in [5.74, 6) is -2.52. The summed E-state index contributed by atoms with van der Waals surface area (Å²) in [5.41, 5.74) is 5.29. The Morgan fingerprint density at radius 2 is 1.79 bits per heavy atom. The van der Waals surface area contributed by atoms with Gasteiger partial charge >= 0.3 is 0 Å². The van der Waals surface area contributed by atoms with E-state index in [0.29, 0.717) is 29.4 Å². The van der Waals surface area contributed by atoms with Crippen molar-refractivity contribution in [2.45, 2.75) is 18.9 Å². The average molecular weight is 424 g/mol. The van der Waals surface area contributed by atoms with Crippen LogP contribution in [0.15, 0.2) is 36.4 Å². The predicted octanol–water partition coefficient (Wildman–Crippen LogP) is 3.47. The second-order valence-electron chi connectivity index (χ2n) is 6.36. The standard InChI is InChI=1S/C19H16Cl2FN3O3/c20-11-6-10(7-12(21)8-11)19(28)25-5-1-2-16(25)18(27)24-13-3-4-15(22)14(9-13)17(23)26/h3-4,6-9,16H,1-2,5H2,(H2,23,26)(H,24,27). The molecule has 1 aliphatic heterocycles. The first-order valence-corrected chi connectivity index (χ1v) is 9.19. The van der Waals surface area contributed by atoms with Crippen molar-refractivity contribution in [2.24, 2.45) is 5.73 Å². The van der Waals surface area contributed by atoms with Crippen LogP contribution in [-0.4, -0.2) is 35.2 Å². The fourth-order valence-electron chi connectivity index (χ4n) is 3.14. The van der Waals surface area contributed by atoms with E-state index in [9.17, 15) is 18.8 Å². The smallest absolute Gasteiger partial charge is 0.254 e. The number of nitrogens with zero attached hydrogens (tertiary/aromatic N) is 1. The van der Waals surface area contributed by atoms with E-state index in [1.165, 1.54) is 29.2 Å². The zero-order valence-electron chi connectivity index (χ0n) is 14.5. The number of hydrogen-bond acceptors (Lipinski definition) is 3. The largest absolute Gasteiger partial charge is 0.366 e. The molecule has 0 saturated carbocycles. The third-order valence-electron chi connectivity index (χ3n) is 4.43. The van der Waals surface area contributed by atoms with Crippen LogP contribution in [0.5, 0.6) is 0 Å². The fraction of sp³-hybridized carbons (Fsp3) is 0.211. The molecule has 1 heterocycles. The number of primary amides is 1. The summed E-state index contributed by atoms with van der Waals surface area (Å²) >= 11 is 11.9. The molecule has 2 aromatic rings. The van der Waals surface area contributed by atoms with Gasteiger partial charge in [0, 0.05) is 27.8 Å². The van der Waals surface area contributed by atoms with Crippen molar-refractivity contribution in [3.63, 3.8) is 0 Å². The van der Waals surface area contributed by atoms with Crippen molar-refractivity contribution < 1.29 is 18.8 Å². The second-order valence-corrected chi connectivity index (χ2v) is 7.24. The Hall–Kier alpha value is -2.64. The maximum absolute atomic E-state index is 13.6. The molecule has 0 aliphatic carbocycles. The van der Waals surface area contributed by atoms with E-state index in [4.69, 9.17) is 28.9 Å². The maximum atomic E-state index is 13.6. The molecule has 0 bridgehead atoms. The van der Waals surface area contributed by atoms with E-state index in [2.05, 4.69) is 5.32 Å². The summed E-state index contributed by atoms with van der Waals surface area (Å²) in [7, 11) is 0. The van der Waals surface area contributed by atoms with Crippen LogP contribution in [0, 0.1) is 5.82 Å². The summed E-state index contributed by atoms with van der Waals surface area (Å²) in [6, 6.07) is 7.29. The summed E-state index contributed by atoms with van der Waals surface area (Å²) in [6.07, 6.45) is 1.11. The van der Waals surface area contributed by atoms with E-state index in [-0.39, 0.29) is 22.7 Å². The molecule has 2 aromatic carbocycles. The number of halogens is 3. The monoisotopic (exact) mass is 423 g/mol. The number of carbonyl (C=O) groups is 3. The van der Waals surface area contributed by atoms with Gasteiger partial charge in [-0.25, -0.2) is 4.39 Å². The molecular weight excluding hydrogens is 408 g/mol. The molecule has 3 amide bonds. The number of nitrogens with one attached hydrogen (secondary N) is 1. The highest BCUT2D eigenvalue weighted by Crippen LogP contribution is 2.25. The quantitative estimate of drug-likeness (QED) is 0.787. The molecule has 6 nitrogen and oxygen atoms in total. The van der Waals surface area contributed by atoms with E-state index in [1.54, 1.807) is 0 Å². The van der Waals surface area contributed by atoms with Gasteiger partial charge in [-0.2, -0.15) is 0 Å². The van der Waals surface area contributed by atoms with Crippen molar-refractivity contribution in [1.29, 1.82) is 0 Å². The normalized spacial score (nSPS) is 16.1. The maximum Gasteiger partial charge on any atom is 0.254 e. The van der Waals surface area contributed by atoms with Gasteiger partial charge in [0.05, 0.1) is 5.56 Å². The lowest BCUT2D eigenvalue weighted by Crippen LogP contribution is -2.43. The molecule has 1 unspecified atom stereocenters. The van der Waals surface area contributed by atoms with Crippen LogP contribution in [0.4, 0.5) is 10.1 Å². The molecule has 146 valence electrons. The van der Waals surface area contributed by atoms with Crippen molar-refractivity contribution in [3.8, 4) is 0 Å². The number of hydrogen-bond donors (Lipinski definition) is 2. The highest BCUT2D eigenvalue weighted by molar-refractivity contribution is 6.35. The van der Waals surface area contributed by atoms with Crippen LogP contribution in [0.3, 0.4) is 0 Å². The predicted molar refractivity (Wildman–Crippen MR) is 104 cm³/mol. The molecule has 1 atom stereocenters. The Kier molecular flexibility index (Phi) is 5.86. The first-order valence-electron chi connectivity index (χ1n) is 8.43. The number of amides is 3. The molecule has 1 fully saturated rings. The third kappa shape index (κ3) is 4.26. The minimum absolute atomic E-state index is 0.213. The van der Waals surface area contributed by atoms with Crippen molar-refractivity contribution in [1.82, 2.24) is 4.90 Å². The molecule has 0 spiro atoms. The zero-order valence-corrected chi connectivity index (χ0v) is 16.1. The van der Waals surface area contributed by atoms with Crippen molar-refractivity contribution in [2.75, 3.05) is 11.9 Å². The third-order valence-corrected chi connectivity index (χ3v) is 4.86. The van der Waals surface area contributed by atoms with E-state index >= 15 is 0 Å². The van der Waals surface area contributed by atoms with Gasteiger partial charge in [-0.1, -0.05) is 23.2 Å². The molecular formula is C19H16Cl2FN3O3. The highest BCUT2D eigenvalue weighted by atomic mass is 35.5. The lowest BCUT2D eigenvalue weighted by molar-refractivity contribution is -0.119. The van der Waals surface area contributed by atoms with Crippen molar-refractivity contribution >= 4 is 46.6 Å². The van der Waals surface area contributed by atoms with Gasteiger partial charge in [0.25, 0.3) is 11.8 Å². The Balaban J connectivity index is 1.79. The molecule has 1 saturated heterocycles. The van der Waals surface area contributed by atoms with Crippen LogP contribution < -0.4 is 11.1 Å². The van der Waals surface area contributed by atoms with Gasteiger partial charge in [0.2, 0.25) is 5.91 Å². The van der Waals surface area contributed by atoms with Crippen LogP contribution in [-0.2, 0) is 4.79 Å². The number of nitrogens with two attached hydrogens (primary N) is 1. The zero-order chi connectivity index (χ0) is 20.4. The van der Waals surface area contributed by atoms with Crippen LogP contribution in [0.1, 0.15) is 33.6 Å². The Labute approximate surface area is 170 Å². The van der Waals surface area contributed by atoms with Gasteiger partial charge in [-0.05, 0) is 49.2 Å². The minimum Gasteiger partial charge on any atom is -0.366 e. The second kappa shape index (κ2) is 8.16. The number of carbonyl (C=O) groups excluding carboxylic acids is 3. The Bertz CT molecular complexity index is 947. The molecule has 3 N–H and O–H groups in total. The van der Waals surface area contributed by atoms with Crippen LogP contribution in [0.25, 0.3) is 0 Å². The summed E-state index contributed by atoms with van der Waals surface area (Å²) in [6.45, 7) is 0.400. The minimum atomic E-state index is -0.941. The lowest BCUT2D eigenvalue weighted by Gasteiger charge is -2.24. The Morgan fingerprint density at radius 3 is 2.43 bits per heavy atom. The lowest BCUT2D eigenvalue weighted by atomic mass is 10.1. The highest BCUT2D eigenvalue weighted by Gasteiger charge is 2.34. The van der Waals surface area contributed by atoms with Gasteiger partial charge in [-0.15, -0.1) is 0 Å². The topological polar surface area (TPSA) is 92.5 Å². The summed E-state index contributed by atoms with van der Waals surface area (Å²) in [5, 5.41) is 3.25. The first kappa shape index (κ1) is 20.1. The number of anilines is 1. The van der Waals surface area contributed by atoms with Gasteiger partial charge in [0.1, 0.15) is 11.9 Å². The van der Waals surface area contributed by atoms with Crippen LogP contribution >= 0.6 is 23.2 Å². The molecule has 0 radical (unpaired) electrons. The molecule has 9 heteroatoms.